The SMILES string of the molecule is CCC(C)(C)C(=O)c1cc(F)ccc1O. The summed E-state index contributed by atoms with van der Waals surface area (Å²) < 4.78 is 12.9. The van der Waals surface area contributed by atoms with E-state index in [4.69, 9.17) is 0 Å². The van der Waals surface area contributed by atoms with Crippen molar-refractivity contribution >= 4 is 5.78 Å². The van der Waals surface area contributed by atoms with Gasteiger partial charge in [-0.15, -0.1) is 0 Å². The van der Waals surface area contributed by atoms with E-state index in [9.17, 15) is 14.3 Å². The first-order chi connectivity index (χ1) is 6.88. The van der Waals surface area contributed by atoms with Gasteiger partial charge in [0.1, 0.15) is 11.6 Å². The Morgan fingerprint density at radius 1 is 1.47 bits per heavy atom. The molecule has 0 bridgehead atoms. The van der Waals surface area contributed by atoms with E-state index in [1.54, 1.807) is 13.8 Å². The van der Waals surface area contributed by atoms with Gasteiger partial charge in [-0.2, -0.15) is 0 Å². The molecule has 2 nitrogen and oxygen atoms in total. The highest BCUT2D eigenvalue weighted by atomic mass is 19.1. The molecule has 0 fully saturated rings. The Labute approximate surface area is 88.7 Å². The maximum Gasteiger partial charge on any atom is 0.172 e. The van der Waals surface area contributed by atoms with Gasteiger partial charge in [-0.25, -0.2) is 4.39 Å². The topological polar surface area (TPSA) is 37.3 Å². The van der Waals surface area contributed by atoms with Crippen LogP contribution >= 0.6 is 0 Å². The summed E-state index contributed by atoms with van der Waals surface area (Å²) in [6.45, 7) is 5.44. The number of benzene rings is 1. The number of halogens is 1. The molecule has 0 spiro atoms. The fourth-order valence-electron chi connectivity index (χ4n) is 1.22. The minimum absolute atomic E-state index is 0.0573. The molecule has 1 rings (SSSR count). The number of ketones is 1. The Morgan fingerprint density at radius 2 is 2.07 bits per heavy atom. The number of carbonyl (C=O) groups is 1. The summed E-state index contributed by atoms with van der Waals surface area (Å²) in [5, 5.41) is 9.48. The van der Waals surface area contributed by atoms with Crippen LogP contribution in [0.5, 0.6) is 5.75 Å². The lowest BCUT2D eigenvalue weighted by molar-refractivity contribution is 0.0829. The zero-order valence-corrected chi connectivity index (χ0v) is 9.17. The number of aromatic hydroxyl groups is 1. The number of carbonyl (C=O) groups excluding carboxylic acids is 1. The number of rotatable bonds is 3. The van der Waals surface area contributed by atoms with Crippen LogP contribution in [0.25, 0.3) is 0 Å². The monoisotopic (exact) mass is 210 g/mol. The van der Waals surface area contributed by atoms with Crippen molar-refractivity contribution in [3.05, 3.63) is 29.6 Å². The molecule has 0 saturated carbocycles. The Morgan fingerprint density at radius 3 is 2.60 bits per heavy atom. The van der Waals surface area contributed by atoms with Crippen molar-refractivity contribution in [2.45, 2.75) is 27.2 Å². The van der Waals surface area contributed by atoms with Crippen LogP contribution in [0.3, 0.4) is 0 Å². The summed E-state index contributed by atoms with van der Waals surface area (Å²) in [6.07, 6.45) is 0.641. The van der Waals surface area contributed by atoms with E-state index in [1.165, 1.54) is 6.07 Å². The number of hydrogen-bond donors (Lipinski definition) is 1. The maximum absolute atomic E-state index is 12.9. The second-order valence-electron chi connectivity index (χ2n) is 4.23. The fourth-order valence-corrected chi connectivity index (χ4v) is 1.22. The van der Waals surface area contributed by atoms with Gasteiger partial charge in [0.15, 0.2) is 5.78 Å². The van der Waals surface area contributed by atoms with Crippen LogP contribution in [-0.2, 0) is 0 Å². The van der Waals surface area contributed by atoms with Gasteiger partial charge >= 0.3 is 0 Å². The minimum Gasteiger partial charge on any atom is -0.507 e. The lowest BCUT2D eigenvalue weighted by Crippen LogP contribution is -2.23. The smallest absolute Gasteiger partial charge is 0.172 e. The van der Waals surface area contributed by atoms with Crippen LogP contribution in [0.4, 0.5) is 4.39 Å². The lowest BCUT2D eigenvalue weighted by Gasteiger charge is -2.21. The highest BCUT2D eigenvalue weighted by molar-refractivity contribution is 6.02. The maximum atomic E-state index is 12.9. The Balaban J connectivity index is 3.17. The normalized spacial score (nSPS) is 11.5. The quantitative estimate of drug-likeness (QED) is 0.778. The average Bonchev–Trinajstić information content (AvgIpc) is 2.20. The predicted molar refractivity (Wildman–Crippen MR) is 56.5 cm³/mol. The second kappa shape index (κ2) is 4.01. The summed E-state index contributed by atoms with van der Waals surface area (Å²) in [4.78, 5) is 11.9. The van der Waals surface area contributed by atoms with Crippen molar-refractivity contribution in [3.8, 4) is 5.75 Å². The molecule has 0 unspecified atom stereocenters. The van der Waals surface area contributed by atoms with E-state index in [1.807, 2.05) is 6.92 Å². The first kappa shape index (κ1) is 11.7. The highest BCUT2D eigenvalue weighted by Gasteiger charge is 2.28. The van der Waals surface area contributed by atoms with Crippen LogP contribution in [0.2, 0.25) is 0 Å². The van der Waals surface area contributed by atoms with Gasteiger partial charge in [0.25, 0.3) is 0 Å². The van der Waals surface area contributed by atoms with E-state index in [0.29, 0.717) is 6.42 Å². The van der Waals surface area contributed by atoms with Crippen molar-refractivity contribution < 1.29 is 14.3 Å². The average molecular weight is 210 g/mol. The standard InChI is InChI=1S/C12H15FO2/c1-4-12(2,3)11(15)9-7-8(13)5-6-10(9)14/h5-7,14H,4H2,1-3H3. The Hall–Kier alpha value is -1.38. The third-order valence-corrected chi connectivity index (χ3v) is 2.70. The van der Waals surface area contributed by atoms with Gasteiger partial charge in [0, 0.05) is 5.41 Å². The highest BCUT2D eigenvalue weighted by Crippen LogP contribution is 2.30. The first-order valence-electron chi connectivity index (χ1n) is 4.92. The molecule has 0 radical (unpaired) electrons. The van der Waals surface area contributed by atoms with Crippen LogP contribution in [0, 0.1) is 11.2 Å². The molecule has 3 heteroatoms. The van der Waals surface area contributed by atoms with Crippen LogP contribution in [0.15, 0.2) is 18.2 Å². The van der Waals surface area contributed by atoms with Gasteiger partial charge < -0.3 is 5.11 Å². The summed E-state index contributed by atoms with van der Waals surface area (Å²) >= 11 is 0. The number of phenols is 1. The molecule has 0 amide bonds. The molecule has 0 aliphatic carbocycles. The predicted octanol–water partition coefficient (Wildman–Crippen LogP) is 3.15. The molecule has 0 atom stereocenters. The van der Waals surface area contributed by atoms with Gasteiger partial charge in [0.05, 0.1) is 5.56 Å². The zero-order chi connectivity index (χ0) is 11.6. The van der Waals surface area contributed by atoms with Crippen LogP contribution in [0.1, 0.15) is 37.6 Å². The Bertz CT molecular complexity index is 383. The summed E-state index contributed by atoms with van der Waals surface area (Å²) in [5.74, 6) is -0.909. The number of phenolic OH excluding ortho intramolecular Hbond substituents is 1. The molecule has 0 aromatic heterocycles. The number of hydrogen-bond acceptors (Lipinski definition) is 2. The molecule has 82 valence electrons. The molecular formula is C12H15FO2. The third kappa shape index (κ3) is 2.35. The molecule has 0 saturated heterocycles. The van der Waals surface area contributed by atoms with Gasteiger partial charge in [-0.3, -0.25) is 4.79 Å². The van der Waals surface area contributed by atoms with Gasteiger partial charge in [-0.1, -0.05) is 20.8 Å². The summed E-state index contributed by atoms with van der Waals surface area (Å²) in [6, 6.07) is 3.41. The number of Topliss-reactive ketones (excluding diaryl/α,β-unsaturated/α-hetero) is 1. The van der Waals surface area contributed by atoms with Gasteiger partial charge in [-0.05, 0) is 24.6 Å². The fraction of sp³-hybridized carbons (Fsp3) is 0.417. The van der Waals surface area contributed by atoms with E-state index in [2.05, 4.69) is 0 Å². The van der Waals surface area contributed by atoms with Crippen molar-refractivity contribution in [1.82, 2.24) is 0 Å². The lowest BCUT2D eigenvalue weighted by atomic mass is 9.82. The molecule has 0 heterocycles. The zero-order valence-electron chi connectivity index (χ0n) is 9.17. The summed E-state index contributed by atoms with van der Waals surface area (Å²) in [7, 11) is 0. The summed E-state index contributed by atoms with van der Waals surface area (Å²) in [5.41, 5.74) is -0.521. The Kier molecular flexibility index (Phi) is 3.12. The molecule has 1 aromatic carbocycles. The first-order valence-corrected chi connectivity index (χ1v) is 4.92. The van der Waals surface area contributed by atoms with Crippen LogP contribution < -0.4 is 0 Å². The molecule has 0 aliphatic rings. The van der Waals surface area contributed by atoms with E-state index < -0.39 is 11.2 Å². The van der Waals surface area contributed by atoms with E-state index in [0.717, 1.165) is 12.1 Å². The molecule has 15 heavy (non-hydrogen) atoms. The van der Waals surface area contributed by atoms with Crippen molar-refractivity contribution in [2.75, 3.05) is 0 Å². The largest absolute Gasteiger partial charge is 0.507 e. The van der Waals surface area contributed by atoms with E-state index >= 15 is 0 Å². The molecule has 1 aromatic rings. The second-order valence-corrected chi connectivity index (χ2v) is 4.23. The van der Waals surface area contributed by atoms with E-state index in [-0.39, 0.29) is 17.1 Å². The van der Waals surface area contributed by atoms with Crippen molar-refractivity contribution in [2.24, 2.45) is 5.41 Å². The van der Waals surface area contributed by atoms with Crippen molar-refractivity contribution in [1.29, 1.82) is 0 Å². The van der Waals surface area contributed by atoms with Crippen molar-refractivity contribution in [3.63, 3.8) is 0 Å². The molecule has 1 N–H and O–H groups in total. The van der Waals surface area contributed by atoms with Crippen LogP contribution in [-0.4, -0.2) is 10.9 Å². The molecular weight excluding hydrogens is 195 g/mol. The molecule has 0 aliphatic heterocycles. The third-order valence-electron chi connectivity index (χ3n) is 2.70. The minimum atomic E-state index is -0.578. The van der Waals surface area contributed by atoms with Gasteiger partial charge in [0.2, 0.25) is 0 Å².